The second-order valence-electron chi connectivity index (χ2n) is 12.7. The summed E-state index contributed by atoms with van der Waals surface area (Å²) in [6.07, 6.45) is 9.97. The summed E-state index contributed by atoms with van der Waals surface area (Å²) in [4.78, 5) is 25.8. The van der Waals surface area contributed by atoms with E-state index >= 15 is 0 Å². The van der Waals surface area contributed by atoms with Crippen molar-refractivity contribution in [2.24, 2.45) is 34.5 Å². The molecule has 0 unspecified atom stereocenters. The van der Waals surface area contributed by atoms with Gasteiger partial charge in [0.1, 0.15) is 6.10 Å². The lowest BCUT2D eigenvalue weighted by molar-refractivity contribution is -0.148. The van der Waals surface area contributed by atoms with Gasteiger partial charge in [0.05, 0.1) is 0 Å². The highest BCUT2D eigenvalue weighted by molar-refractivity contribution is 5.99. The Hall–Kier alpha value is -2.68. The van der Waals surface area contributed by atoms with E-state index in [9.17, 15) is 9.59 Å². The number of rotatable bonds is 4. The molecule has 4 aliphatic carbocycles. The first-order valence-corrected chi connectivity index (χ1v) is 14.3. The molecule has 0 heterocycles. The van der Waals surface area contributed by atoms with Gasteiger partial charge in [0.15, 0.2) is 5.78 Å². The van der Waals surface area contributed by atoms with Crippen LogP contribution in [0.15, 0.2) is 72.3 Å². The van der Waals surface area contributed by atoms with Crippen LogP contribution in [0.3, 0.4) is 0 Å². The van der Waals surface area contributed by atoms with Crippen LogP contribution in [0.4, 0.5) is 0 Å². The van der Waals surface area contributed by atoms with Crippen LogP contribution in [-0.2, 0) is 9.53 Å². The predicted octanol–water partition coefficient (Wildman–Crippen LogP) is 7.77. The highest BCUT2D eigenvalue weighted by atomic mass is 16.5. The van der Waals surface area contributed by atoms with Crippen LogP contribution >= 0.6 is 0 Å². The minimum Gasteiger partial charge on any atom is -0.462 e. The van der Waals surface area contributed by atoms with Gasteiger partial charge in [0.25, 0.3) is 0 Å². The van der Waals surface area contributed by atoms with Crippen molar-refractivity contribution >= 4 is 11.8 Å². The number of carbonyl (C=O) groups is 2. The van der Waals surface area contributed by atoms with Crippen LogP contribution < -0.4 is 0 Å². The molecule has 0 bridgehead atoms. The second-order valence-corrected chi connectivity index (χ2v) is 12.7. The van der Waals surface area contributed by atoms with Gasteiger partial charge < -0.3 is 4.74 Å². The molecule has 6 rings (SSSR count). The molecule has 37 heavy (non-hydrogen) atoms. The van der Waals surface area contributed by atoms with Crippen LogP contribution in [0.5, 0.6) is 0 Å². The van der Waals surface area contributed by atoms with E-state index in [1.807, 2.05) is 30.3 Å². The summed E-state index contributed by atoms with van der Waals surface area (Å²) in [5, 5.41) is 0. The van der Waals surface area contributed by atoms with E-state index in [0.29, 0.717) is 23.5 Å². The molecule has 0 aromatic heterocycles. The van der Waals surface area contributed by atoms with Gasteiger partial charge >= 0.3 is 5.97 Å². The van der Waals surface area contributed by atoms with Gasteiger partial charge in [-0.1, -0.05) is 86.2 Å². The van der Waals surface area contributed by atoms with Crippen molar-refractivity contribution in [1.29, 1.82) is 0 Å². The van der Waals surface area contributed by atoms with Crippen LogP contribution in [0.2, 0.25) is 0 Å². The van der Waals surface area contributed by atoms with Gasteiger partial charge in [-0.2, -0.15) is 0 Å². The number of hydrogen-bond donors (Lipinski definition) is 0. The third-order valence-corrected chi connectivity index (χ3v) is 11.0. The summed E-state index contributed by atoms with van der Waals surface area (Å²) in [6, 6.07) is 20.8. The number of benzene rings is 2. The predicted molar refractivity (Wildman–Crippen MR) is 146 cm³/mol. The molecule has 2 aromatic rings. The normalized spacial score (nSPS) is 38.5. The molecule has 3 fully saturated rings. The fraction of sp³-hybridized carbons (Fsp3) is 0.529. The standard InChI is InChI=1S/C34H40O3/c1-22(35)37-26-16-18-33(2)25(20-26)14-15-27-29(33)17-19-34(3)30(27)21-28(23-10-6-4-7-11-23)31(34)32(36)24-12-8-5-9-13-24/h4-14,26-31H,15-21H2,1-3H3/t26-,27+,28+,29+,30+,31+,33+,34+/m1/s1. The van der Waals surface area contributed by atoms with Crippen molar-refractivity contribution in [2.45, 2.75) is 77.7 Å². The largest absolute Gasteiger partial charge is 0.462 e. The van der Waals surface area contributed by atoms with Gasteiger partial charge in [-0.15, -0.1) is 0 Å². The SMILES string of the molecule is CC(=O)O[C@@H]1CC[C@@]2(C)C(=CC[C@@H]3[C@@H]4C[C@@H](c5ccccc5)[C@@H](C(=O)c5ccccc5)[C@@]4(C)CC[C@@H]32)C1. The molecular weight excluding hydrogens is 456 g/mol. The summed E-state index contributed by atoms with van der Waals surface area (Å²) >= 11 is 0. The van der Waals surface area contributed by atoms with Crippen molar-refractivity contribution in [2.75, 3.05) is 0 Å². The number of hydrogen-bond acceptors (Lipinski definition) is 3. The molecular formula is C34H40O3. The first-order chi connectivity index (χ1) is 17.8. The van der Waals surface area contributed by atoms with Crippen LogP contribution in [0.1, 0.15) is 87.6 Å². The Morgan fingerprint density at radius 3 is 2.30 bits per heavy atom. The zero-order valence-electron chi connectivity index (χ0n) is 22.5. The Morgan fingerprint density at radius 1 is 0.892 bits per heavy atom. The average molecular weight is 497 g/mol. The molecule has 3 nitrogen and oxygen atoms in total. The van der Waals surface area contributed by atoms with E-state index in [2.05, 4.69) is 50.3 Å². The Balaban J connectivity index is 1.35. The van der Waals surface area contributed by atoms with Crippen molar-refractivity contribution in [1.82, 2.24) is 0 Å². The molecule has 3 saturated carbocycles. The monoisotopic (exact) mass is 496 g/mol. The van der Waals surface area contributed by atoms with Crippen molar-refractivity contribution in [3.63, 3.8) is 0 Å². The molecule has 0 amide bonds. The number of ether oxygens (including phenoxy) is 1. The molecule has 8 atom stereocenters. The Bertz CT molecular complexity index is 1200. The molecule has 0 radical (unpaired) electrons. The molecule has 0 N–H and O–H groups in total. The molecule has 0 aliphatic heterocycles. The van der Waals surface area contributed by atoms with Gasteiger partial charge in [-0.25, -0.2) is 0 Å². The van der Waals surface area contributed by atoms with Crippen molar-refractivity contribution in [3.8, 4) is 0 Å². The Morgan fingerprint density at radius 2 is 1.59 bits per heavy atom. The third-order valence-electron chi connectivity index (χ3n) is 11.0. The van der Waals surface area contributed by atoms with Crippen molar-refractivity contribution in [3.05, 3.63) is 83.4 Å². The smallest absolute Gasteiger partial charge is 0.302 e. The van der Waals surface area contributed by atoms with E-state index in [1.54, 1.807) is 0 Å². The minimum absolute atomic E-state index is 0.00520. The topological polar surface area (TPSA) is 43.4 Å². The molecule has 2 aromatic carbocycles. The summed E-state index contributed by atoms with van der Waals surface area (Å²) < 4.78 is 5.63. The number of fused-ring (bicyclic) bond motifs is 5. The summed E-state index contributed by atoms with van der Waals surface area (Å²) in [5.41, 5.74) is 3.89. The maximum absolute atomic E-state index is 14.2. The first kappa shape index (κ1) is 24.6. The number of esters is 1. The number of carbonyl (C=O) groups excluding carboxylic acids is 2. The van der Waals surface area contributed by atoms with E-state index in [4.69, 9.17) is 4.74 Å². The van der Waals surface area contributed by atoms with Crippen LogP contribution in [0, 0.1) is 34.5 Å². The number of ketones is 1. The number of allylic oxidation sites excluding steroid dienone is 1. The fourth-order valence-corrected chi connectivity index (χ4v) is 9.30. The van der Waals surface area contributed by atoms with Crippen LogP contribution in [-0.4, -0.2) is 17.9 Å². The maximum Gasteiger partial charge on any atom is 0.302 e. The highest BCUT2D eigenvalue weighted by Gasteiger charge is 2.62. The van der Waals surface area contributed by atoms with E-state index in [0.717, 1.165) is 44.1 Å². The van der Waals surface area contributed by atoms with Crippen LogP contribution in [0.25, 0.3) is 0 Å². The quantitative estimate of drug-likeness (QED) is 0.247. The zero-order valence-corrected chi connectivity index (χ0v) is 22.5. The maximum atomic E-state index is 14.2. The average Bonchev–Trinajstić information content (AvgIpc) is 3.22. The van der Waals surface area contributed by atoms with Gasteiger partial charge in [-0.3, -0.25) is 9.59 Å². The third kappa shape index (κ3) is 4.01. The molecule has 4 aliphatic rings. The van der Waals surface area contributed by atoms with Gasteiger partial charge in [0, 0.05) is 24.8 Å². The van der Waals surface area contributed by atoms with E-state index in [-0.39, 0.29) is 34.7 Å². The highest BCUT2D eigenvalue weighted by Crippen LogP contribution is 2.69. The molecule has 194 valence electrons. The summed E-state index contributed by atoms with van der Waals surface area (Å²) in [6.45, 7) is 6.46. The Kier molecular flexibility index (Phi) is 6.17. The second kappa shape index (κ2) is 9.26. The fourth-order valence-electron chi connectivity index (χ4n) is 9.30. The lowest BCUT2D eigenvalue weighted by Gasteiger charge is -2.58. The zero-order chi connectivity index (χ0) is 25.8. The lowest BCUT2D eigenvalue weighted by Crippen LogP contribution is -2.51. The molecule has 0 spiro atoms. The van der Waals surface area contributed by atoms with Crippen molar-refractivity contribution < 1.29 is 14.3 Å². The summed E-state index contributed by atoms with van der Waals surface area (Å²) in [5.74, 6) is 2.24. The molecule has 3 heteroatoms. The van der Waals surface area contributed by atoms with Gasteiger partial charge in [0.2, 0.25) is 0 Å². The van der Waals surface area contributed by atoms with Gasteiger partial charge in [-0.05, 0) is 78.6 Å². The van der Waals surface area contributed by atoms with E-state index in [1.165, 1.54) is 24.5 Å². The molecule has 0 saturated heterocycles. The Labute approximate surface area is 221 Å². The number of Topliss-reactive ketones (excluding diaryl/α,β-unsaturated/α-hetero) is 1. The first-order valence-electron chi connectivity index (χ1n) is 14.3. The summed E-state index contributed by atoms with van der Waals surface area (Å²) in [7, 11) is 0. The minimum atomic E-state index is -0.164. The van der Waals surface area contributed by atoms with E-state index < -0.39 is 0 Å². The lowest BCUT2D eigenvalue weighted by atomic mass is 9.47.